The van der Waals surface area contributed by atoms with Crippen molar-refractivity contribution in [3.63, 3.8) is 0 Å². The Morgan fingerprint density at radius 3 is 1.89 bits per heavy atom. The molecule has 0 aromatic rings. The molecule has 0 aliphatic rings. The summed E-state index contributed by atoms with van der Waals surface area (Å²) in [5.74, 6) is -0.563. The average molecular weight is 296 g/mol. The second kappa shape index (κ2) is 7.89. The normalized spacial score (nSPS) is 13.7. The summed E-state index contributed by atoms with van der Waals surface area (Å²) in [6, 6.07) is 0. The zero-order chi connectivity index (χ0) is 14.3. The van der Waals surface area contributed by atoms with E-state index >= 15 is 0 Å². The van der Waals surface area contributed by atoms with Gasteiger partial charge in [-0.3, -0.25) is 4.57 Å². The van der Waals surface area contributed by atoms with Gasteiger partial charge < -0.3 is 9.05 Å². The molecule has 0 aromatic heterocycles. The van der Waals surface area contributed by atoms with Gasteiger partial charge in [-0.1, -0.05) is 6.08 Å². The molecule has 1 unspecified atom stereocenters. The minimum atomic E-state index is -3.34. The summed E-state index contributed by atoms with van der Waals surface area (Å²) in [5, 5.41) is 1.03. The molecule has 18 heavy (non-hydrogen) atoms. The number of hydrogen-bond donors (Lipinski definition) is 0. The zero-order valence-electron chi connectivity index (χ0n) is 11.2. The van der Waals surface area contributed by atoms with Gasteiger partial charge in [0.2, 0.25) is 10.3 Å². The molecule has 106 valence electrons. The van der Waals surface area contributed by atoms with Gasteiger partial charge in [0.05, 0.1) is 18.4 Å². The molecule has 0 heterocycles. The van der Waals surface area contributed by atoms with Gasteiger partial charge in [-0.25, -0.2) is 0 Å². The highest BCUT2D eigenvalue weighted by Gasteiger charge is 2.30. The maximum Gasteiger partial charge on any atom is 0.332 e. The Kier molecular flexibility index (Phi) is 7.71. The van der Waals surface area contributed by atoms with Crippen LogP contribution in [0.5, 0.6) is 0 Å². The molecule has 0 amide bonds. The van der Waals surface area contributed by atoms with Gasteiger partial charge in [-0.05, 0) is 27.7 Å². The number of allylic oxidation sites excluding steroid dienone is 1. The van der Waals surface area contributed by atoms with Crippen molar-refractivity contribution < 1.29 is 22.0 Å². The Morgan fingerprint density at radius 1 is 1.17 bits per heavy atom. The minimum Gasteiger partial charge on any atom is -0.306 e. The van der Waals surface area contributed by atoms with Gasteiger partial charge in [-0.2, -0.15) is 8.42 Å². The summed E-state index contributed by atoms with van der Waals surface area (Å²) >= 11 is 0. The molecule has 0 bridgehead atoms. The predicted octanol–water partition coefficient (Wildman–Crippen LogP) is 2.51. The highest BCUT2D eigenvalue weighted by Crippen LogP contribution is 2.51. The van der Waals surface area contributed by atoms with E-state index in [1.165, 1.54) is 6.08 Å². The fraction of sp³-hybridized carbons (Fsp3) is 0.727. The third-order valence-electron chi connectivity index (χ3n) is 1.77. The van der Waals surface area contributed by atoms with Crippen LogP contribution in [0.15, 0.2) is 12.7 Å². The molecule has 5 nitrogen and oxygen atoms in total. The lowest BCUT2D eigenvalue weighted by Gasteiger charge is -2.24. The highest BCUT2D eigenvalue weighted by atomic mass is 32.2. The van der Waals surface area contributed by atoms with Crippen LogP contribution >= 0.6 is 7.60 Å². The number of hydrogen-bond acceptors (Lipinski definition) is 5. The molecule has 0 fully saturated rings. The Bertz CT molecular complexity index is 416. The summed E-state index contributed by atoms with van der Waals surface area (Å²) in [7, 11) is -5.67. The van der Waals surface area contributed by atoms with Crippen molar-refractivity contribution in [2.24, 2.45) is 5.92 Å². The first-order chi connectivity index (χ1) is 8.18. The Balaban J connectivity index is 5.03. The molecule has 0 rings (SSSR count). The summed E-state index contributed by atoms with van der Waals surface area (Å²) in [5.41, 5.74) is 0. The fourth-order valence-electron chi connectivity index (χ4n) is 1.33. The second-order valence-electron chi connectivity index (χ2n) is 4.40. The van der Waals surface area contributed by atoms with Crippen LogP contribution in [-0.4, -0.2) is 32.2 Å². The molecule has 1 atom stereocenters. The van der Waals surface area contributed by atoms with Gasteiger partial charge >= 0.3 is 7.60 Å². The highest BCUT2D eigenvalue weighted by molar-refractivity contribution is 7.71. The molecule has 0 aromatic carbocycles. The molecule has 0 radical (unpaired) electrons. The van der Waals surface area contributed by atoms with E-state index in [1.54, 1.807) is 27.7 Å². The monoisotopic (exact) mass is 296 g/mol. The van der Waals surface area contributed by atoms with Crippen LogP contribution in [0.2, 0.25) is 0 Å². The fourth-order valence-corrected chi connectivity index (χ4v) is 4.24. The molecule has 0 aliphatic heterocycles. The summed E-state index contributed by atoms with van der Waals surface area (Å²) in [6.45, 7) is 10.5. The van der Waals surface area contributed by atoms with Gasteiger partial charge in [0.1, 0.15) is 0 Å². The van der Waals surface area contributed by atoms with Crippen LogP contribution in [-0.2, 0) is 23.9 Å². The standard InChI is InChI=1S/C11H21O5PS/c1-6-11(8-18(13)14)7-17(12,15-9(2)3)16-10(4)5/h6,8-11H,1,7H2,2-5H3. The van der Waals surface area contributed by atoms with E-state index in [-0.39, 0.29) is 18.4 Å². The van der Waals surface area contributed by atoms with Crippen molar-refractivity contribution in [3.8, 4) is 0 Å². The maximum absolute atomic E-state index is 12.5. The van der Waals surface area contributed by atoms with Crippen LogP contribution in [0, 0.1) is 5.92 Å². The van der Waals surface area contributed by atoms with Crippen molar-refractivity contribution in [1.29, 1.82) is 0 Å². The largest absolute Gasteiger partial charge is 0.332 e. The van der Waals surface area contributed by atoms with Gasteiger partial charge in [0, 0.05) is 11.3 Å². The minimum absolute atomic E-state index is 0.0269. The smallest absolute Gasteiger partial charge is 0.306 e. The Morgan fingerprint density at radius 2 is 1.61 bits per heavy atom. The first-order valence-corrected chi connectivity index (χ1v) is 8.56. The lowest BCUT2D eigenvalue weighted by atomic mass is 10.2. The van der Waals surface area contributed by atoms with Crippen LogP contribution in [0.25, 0.3) is 0 Å². The summed E-state index contributed by atoms with van der Waals surface area (Å²) in [4.78, 5) is 0. The van der Waals surface area contributed by atoms with Crippen molar-refractivity contribution >= 4 is 23.3 Å². The number of rotatable bonds is 8. The average Bonchev–Trinajstić information content (AvgIpc) is 2.12. The Hall–Kier alpha value is -0.420. The summed E-state index contributed by atoms with van der Waals surface area (Å²) < 4.78 is 44.4. The summed E-state index contributed by atoms with van der Waals surface area (Å²) in [6.07, 6.45) is 0.854. The molecular formula is C11H21O5PS. The lowest BCUT2D eigenvalue weighted by Crippen LogP contribution is -2.15. The second-order valence-corrected chi connectivity index (χ2v) is 7.20. The molecule has 7 heteroatoms. The van der Waals surface area contributed by atoms with E-state index in [0.29, 0.717) is 0 Å². The van der Waals surface area contributed by atoms with Crippen LogP contribution in [0.3, 0.4) is 0 Å². The van der Waals surface area contributed by atoms with Crippen molar-refractivity contribution in [1.82, 2.24) is 0 Å². The third kappa shape index (κ3) is 7.82. The quantitative estimate of drug-likeness (QED) is 0.391. The SMILES string of the molecule is C=CC(C=S(=O)=O)CP(=O)(OC(C)C)OC(C)C. The van der Waals surface area contributed by atoms with Crippen molar-refractivity contribution in [3.05, 3.63) is 12.7 Å². The van der Waals surface area contributed by atoms with Crippen molar-refractivity contribution in [2.45, 2.75) is 39.9 Å². The lowest BCUT2D eigenvalue weighted by molar-refractivity contribution is 0.142. The first kappa shape index (κ1) is 17.6. The third-order valence-corrected chi connectivity index (χ3v) is 4.69. The Labute approximate surface area is 110 Å². The van der Waals surface area contributed by atoms with E-state index in [4.69, 9.17) is 9.05 Å². The van der Waals surface area contributed by atoms with E-state index in [9.17, 15) is 13.0 Å². The molecule has 0 N–H and O–H groups in total. The topological polar surface area (TPSA) is 69.7 Å². The van der Waals surface area contributed by atoms with E-state index in [1.807, 2.05) is 0 Å². The van der Waals surface area contributed by atoms with E-state index < -0.39 is 23.8 Å². The van der Waals surface area contributed by atoms with E-state index in [2.05, 4.69) is 6.58 Å². The van der Waals surface area contributed by atoms with Crippen LogP contribution in [0.1, 0.15) is 27.7 Å². The zero-order valence-corrected chi connectivity index (χ0v) is 12.9. The molecular weight excluding hydrogens is 275 g/mol. The van der Waals surface area contributed by atoms with Crippen LogP contribution in [0.4, 0.5) is 0 Å². The maximum atomic E-state index is 12.5. The van der Waals surface area contributed by atoms with E-state index in [0.717, 1.165) is 5.37 Å². The molecule has 0 saturated heterocycles. The predicted molar refractivity (Wildman–Crippen MR) is 73.6 cm³/mol. The first-order valence-electron chi connectivity index (χ1n) is 5.70. The van der Waals surface area contributed by atoms with Crippen LogP contribution < -0.4 is 0 Å². The van der Waals surface area contributed by atoms with Crippen molar-refractivity contribution in [2.75, 3.05) is 6.16 Å². The van der Waals surface area contributed by atoms with Gasteiger partial charge in [-0.15, -0.1) is 6.58 Å². The molecule has 0 spiro atoms. The van der Waals surface area contributed by atoms with Gasteiger partial charge in [0.25, 0.3) is 0 Å². The molecule has 0 aliphatic carbocycles. The van der Waals surface area contributed by atoms with Gasteiger partial charge in [0.15, 0.2) is 0 Å². The molecule has 0 saturated carbocycles.